The van der Waals surface area contributed by atoms with Gasteiger partial charge in [0.15, 0.2) is 0 Å². The number of aromatic nitrogens is 3. The summed E-state index contributed by atoms with van der Waals surface area (Å²) < 4.78 is 1.84. The summed E-state index contributed by atoms with van der Waals surface area (Å²) in [6.07, 6.45) is 2.03. The summed E-state index contributed by atoms with van der Waals surface area (Å²) >= 11 is 0. The highest BCUT2D eigenvalue weighted by atomic mass is 28.3. The second kappa shape index (κ2) is 3.62. The number of nitrogens with zero attached hydrogens (tertiary/aromatic N) is 3. The van der Waals surface area contributed by atoms with Gasteiger partial charge in [0, 0.05) is 6.20 Å². The fourth-order valence-electron chi connectivity index (χ4n) is 1.29. The molecule has 2 rings (SSSR count). The summed E-state index contributed by atoms with van der Waals surface area (Å²) in [7, 11) is -1.17. The fourth-order valence-corrected chi connectivity index (χ4v) is 1.88. The SMILES string of the molecule is C[Si](C)(C)/C=C/n1nnc2ccccc21. The third kappa shape index (κ3) is 2.33. The van der Waals surface area contributed by atoms with Crippen LogP contribution >= 0.6 is 0 Å². The van der Waals surface area contributed by atoms with Crippen LogP contribution in [0.2, 0.25) is 19.6 Å². The van der Waals surface area contributed by atoms with Crippen molar-refractivity contribution in [3.8, 4) is 0 Å². The molecular formula is C11H15N3Si. The van der Waals surface area contributed by atoms with Gasteiger partial charge >= 0.3 is 0 Å². The van der Waals surface area contributed by atoms with Gasteiger partial charge in [-0.05, 0) is 12.1 Å². The lowest BCUT2D eigenvalue weighted by Gasteiger charge is -2.07. The van der Waals surface area contributed by atoms with E-state index in [1.807, 2.05) is 35.1 Å². The Morgan fingerprint density at radius 1 is 1.20 bits per heavy atom. The molecule has 0 N–H and O–H groups in total. The third-order valence-corrected chi connectivity index (χ3v) is 3.24. The predicted molar refractivity (Wildman–Crippen MR) is 66.2 cm³/mol. The Balaban J connectivity index is 2.41. The fraction of sp³-hybridized carbons (Fsp3) is 0.273. The van der Waals surface area contributed by atoms with E-state index in [4.69, 9.17) is 0 Å². The predicted octanol–water partition coefficient (Wildman–Crippen LogP) is 2.78. The Morgan fingerprint density at radius 3 is 2.67 bits per heavy atom. The van der Waals surface area contributed by atoms with Gasteiger partial charge in [0.2, 0.25) is 0 Å². The van der Waals surface area contributed by atoms with Gasteiger partial charge in [-0.15, -0.1) is 5.10 Å². The molecule has 0 spiro atoms. The van der Waals surface area contributed by atoms with Crippen LogP contribution in [0.15, 0.2) is 30.0 Å². The smallest absolute Gasteiger partial charge is 0.113 e. The van der Waals surface area contributed by atoms with Crippen LogP contribution in [0.25, 0.3) is 17.2 Å². The number of fused-ring (bicyclic) bond motifs is 1. The van der Waals surface area contributed by atoms with Gasteiger partial charge in [-0.25, -0.2) is 4.68 Å². The zero-order chi connectivity index (χ0) is 10.9. The average molecular weight is 217 g/mol. The maximum Gasteiger partial charge on any atom is 0.113 e. The zero-order valence-electron chi connectivity index (χ0n) is 9.31. The Kier molecular flexibility index (Phi) is 2.44. The summed E-state index contributed by atoms with van der Waals surface area (Å²) in [6, 6.07) is 7.99. The highest BCUT2D eigenvalue weighted by molar-refractivity contribution is 6.81. The maximum absolute atomic E-state index is 4.10. The molecule has 0 radical (unpaired) electrons. The van der Waals surface area contributed by atoms with Gasteiger partial charge in [0.25, 0.3) is 0 Å². The van der Waals surface area contributed by atoms with Crippen molar-refractivity contribution in [1.82, 2.24) is 15.0 Å². The first-order valence-corrected chi connectivity index (χ1v) is 8.63. The van der Waals surface area contributed by atoms with E-state index in [0.717, 1.165) is 11.0 Å². The van der Waals surface area contributed by atoms with Gasteiger partial charge in [-0.1, -0.05) is 42.7 Å². The Hall–Kier alpha value is -1.42. The molecule has 1 aromatic heterocycles. The van der Waals surface area contributed by atoms with Crippen molar-refractivity contribution in [3.05, 3.63) is 30.0 Å². The Labute approximate surface area is 90.4 Å². The number of hydrogen-bond acceptors (Lipinski definition) is 2. The van der Waals surface area contributed by atoms with Crippen molar-refractivity contribution >= 4 is 25.3 Å². The largest absolute Gasteiger partial charge is 0.221 e. The van der Waals surface area contributed by atoms with Crippen molar-refractivity contribution in [1.29, 1.82) is 0 Å². The molecule has 0 aliphatic heterocycles. The normalized spacial score (nSPS) is 12.7. The zero-order valence-corrected chi connectivity index (χ0v) is 10.3. The Morgan fingerprint density at radius 2 is 1.93 bits per heavy atom. The van der Waals surface area contributed by atoms with Crippen LogP contribution in [0.5, 0.6) is 0 Å². The second-order valence-electron chi connectivity index (χ2n) is 4.70. The van der Waals surface area contributed by atoms with E-state index in [1.165, 1.54) is 0 Å². The summed E-state index contributed by atoms with van der Waals surface area (Å²) in [6.45, 7) is 6.88. The van der Waals surface area contributed by atoms with Gasteiger partial charge in [-0.2, -0.15) is 0 Å². The van der Waals surface area contributed by atoms with Gasteiger partial charge < -0.3 is 0 Å². The van der Waals surface area contributed by atoms with E-state index >= 15 is 0 Å². The van der Waals surface area contributed by atoms with Crippen LogP contribution in [-0.2, 0) is 0 Å². The molecule has 4 heteroatoms. The van der Waals surface area contributed by atoms with Gasteiger partial charge in [0.1, 0.15) is 5.52 Å². The van der Waals surface area contributed by atoms with Crippen LogP contribution in [0.1, 0.15) is 0 Å². The molecule has 0 unspecified atom stereocenters. The van der Waals surface area contributed by atoms with Gasteiger partial charge in [0.05, 0.1) is 13.6 Å². The minimum atomic E-state index is -1.17. The first-order chi connectivity index (χ1) is 7.06. The van der Waals surface area contributed by atoms with Crippen molar-refractivity contribution in [3.63, 3.8) is 0 Å². The first kappa shape index (κ1) is 10.1. The first-order valence-electron chi connectivity index (χ1n) is 5.05. The van der Waals surface area contributed by atoms with Gasteiger partial charge in [-0.3, -0.25) is 0 Å². The minimum Gasteiger partial charge on any atom is -0.221 e. The molecule has 0 fully saturated rings. The quantitative estimate of drug-likeness (QED) is 0.724. The molecule has 3 nitrogen and oxygen atoms in total. The molecule has 0 atom stereocenters. The van der Waals surface area contributed by atoms with E-state index in [2.05, 4.69) is 35.7 Å². The molecule has 2 aromatic rings. The minimum absolute atomic E-state index is 0.942. The molecule has 1 aromatic carbocycles. The van der Waals surface area contributed by atoms with E-state index in [9.17, 15) is 0 Å². The van der Waals surface area contributed by atoms with E-state index in [-0.39, 0.29) is 0 Å². The number of benzene rings is 1. The Bertz CT molecular complexity index is 494. The lowest BCUT2D eigenvalue weighted by molar-refractivity contribution is 0.861. The van der Waals surface area contributed by atoms with E-state index in [1.54, 1.807) is 0 Å². The topological polar surface area (TPSA) is 30.7 Å². The standard InChI is InChI=1S/C11H15N3Si/c1-15(2,3)9-8-14-11-7-5-4-6-10(11)12-13-14/h4-9H,1-3H3/b9-8+. The van der Waals surface area contributed by atoms with Crippen LogP contribution < -0.4 is 0 Å². The monoisotopic (exact) mass is 217 g/mol. The molecule has 15 heavy (non-hydrogen) atoms. The van der Waals surface area contributed by atoms with E-state index < -0.39 is 8.07 Å². The molecule has 0 amide bonds. The molecule has 1 heterocycles. The number of hydrogen-bond donors (Lipinski definition) is 0. The summed E-state index contributed by atoms with van der Waals surface area (Å²) in [5.41, 5.74) is 4.26. The summed E-state index contributed by atoms with van der Waals surface area (Å²) in [4.78, 5) is 0. The molecule has 0 aliphatic carbocycles. The highest BCUT2D eigenvalue weighted by Gasteiger charge is 2.07. The number of rotatable bonds is 2. The van der Waals surface area contributed by atoms with Crippen molar-refractivity contribution in [2.75, 3.05) is 0 Å². The summed E-state index contributed by atoms with van der Waals surface area (Å²) in [5, 5.41) is 8.20. The molecular weight excluding hydrogens is 202 g/mol. The molecule has 0 saturated carbocycles. The van der Waals surface area contributed by atoms with Crippen LogP contribution in [0.4, 0.5) is 0 Å². The van der Waals surface area contributed by atoms with Crippen LogP contribution in [-0.4, -0.2) is 23.1 Å². The second-order valence-corrected chi connectivity index (χ2v) is 9.77. The van der Waals surface area contributed by atoms with Crippen molar-refractivity contribution in [2.24, 2.45) is 0 Å². The maximum atomic E-state index is 4.10. The number of para-hydroxylation sites is 1. The lowest BCUT2D eigenvalue weighted by atomic mass is 10.3. The molecule has 0 saturated heterocycles. The van der Waals surface area contributed by atoms with E-state index in [0.29, 0.717) is 0 Å². The molecule has 0 bridgehead atoms. The van der Waals surface area contributed by atoms with Crippen molar-refractivity contribution in [2.45, 2.75) is 19.6 Å². The third-order valence-electron chi connectivity index (χ3n) is 2.09. The molecule has 0 aliphatic rings. The highest BCUT2D eigenvalue weighted by Crippen LogP contribution is 2.11. The average Bonchev–Trinajstić information content (AvgIpc) is 2.57. The molecule has 78 valence electrons. The summed E-state index contributed by atoms with van der Waals surface area (Å²) in [5.74, 6) is 0. The van der Waals surface area contributed by atoms with Crippen LogP contribution in [0, 0.1) is 0 Å². The van der Waals surface area contributed by atoms with Crippen LogP contribution in [0.3, 0.4) is 0 Å². The lowest BCUT2D eigenvalue weighted by Crippen LogP contribution is -2.15. The van der Waals surface area contributed by atoms with Crippen molar-refractivity contribution < 1.29 is 0 Å².